The number of benzene rings is 1. The van der Waals surface area contributed by atoms with Crippen molar-refractivity contribution in [3.05, 3.63) is 36.2 Å². The van der Waals surface area contributed by atoms with Gasteiger partial charge in [0.1, 0.15) is 6.04 Å². The Hall–Kier alpha value is -2.90. The fourth-order valence-electron chi connectivity index (χ4n) is 3.97. The van der Waals surface area contributed by atoms with Crippen molar-refractivity contribution in [2.45, 2.75) is 44.2 Å². The second-order valence-electron chi connectivity index (χ2n) is 7.93. The molecule has 2 heterocycles. The Bertz CT molecular complexity index is 834. The number of amides is 4. The molecule has 4 rings (SSSR count). The SMILES string of the molecule is NC(=O)C1[CH]C(NC(=O)c2ccc(N3CCCCC3=O)cc2)CN1C(=O)C1CC1. The number of rotatable bonds is 5. The first kappa shape index (κ1) is 19.4. The minimum Gasteiger partial charge on any atom is -0.368 e. The van der Waals surface area contributed by atoms with E-state index in [4.69, 9.17) is 5.73 Å². The number of anilines is 1. The number of primary amides is 1. The van der Waals surface area contributed by atoms with Gasteiger partial charge in [0.2, 0.25) is 17.7 Å². The first-order valence-electron chi connectivity index (χ1n) is 10.1. The molecule has 3 N–H and O–H groups in total. The summed E-state index contributed by atoms with van der Waals surface area (Å²) in [5.41, 5.74) is 6.68. The highest BCUT2D eigenvalue weighted by atomic mass is 16.2. The summed E-state index contributed by atoms with van der Waals surface area (Å²) < 4.78 is 0. The Morgan fingerprint density at radius 1 is 1.07 bits per heavy atom. The monoisotopic (exact) mass is 397 g/mol. The Morgan fingerprint density at radius 2 is 1.79 bits per heavy atom. The minimum absolute atomic E-state index is 0.0234. The van der Waals surface area contributed by atoms with Gasteiger partial charge in [-0.1, -0.05) is 0 Å². The van der Waals surface area contributed by atoms with E-state index in [1.165, 1.54) is 4.90 Å². The van der Waals surface area contributed by atoms with E-state index >= 15 is 0 Å². The lowest BCUT2D eigenvalue weighted by molar-refractivity contribution is -0.137. The van der Waals surface area contributed by atoms with Crippen molar-refractivity contribution in [1.82, 2.24) is 10.2 Å². The van der Waals surface area contributed by atoms with Gasteiger partial charge in [-0.25, -0.2) is 0 Å². The highest BCUT2D eigenvalue weighted by Gasteiger charge is 2.44. The van der Waals surface area contributed by atoms with Gasteiger partial charge in [-0.05, 0) is 49.9 Å². The maximum absolute atomic E-state index is 12.6. The Kier molecular flexibility index (Phi) is 5.25. The van der Waals surface area contributed by atoms with Crippen LogP contribution in [-0.2, 0) is 14.4 Å². The average molecular weight is 397 g/mol. The van der Waals surface area contributed by atoms with Crippen molar-refractivity contribution < 1.29 is 19.2 Å². The lowest BCUT2D eigenvalue weighted by atomic mass is 10.1. The zero-order chi connectivity index (χ0) is 20.5. The number of hydrogen-bond donors (Lipinski definition) is 2. The van der Waals surface area contributed by atoms with Gasteiger partial charge in [0.25, 0.3) is 5.91 Å². The van der Waals surface area contributed by atoms with E-state index in [1.807, 2.05) is 0 Å². The lowest BCUT2D eigenvalue weighted by Gasteiger charge is -2.26. The smallest absolute Gasteiger partial charge is 0.251 e. The molecule has 1 aromatic rings. The van der Waals surface area contributed by atoms with E-state index in [2.05, 4.69) is 5.32 Å². The third-order valence-corrected chi connectivity index (χ3v) is 5.73. The molecule has 3 fully saturated rings. The number of carbonyl (C=O) groups is 4. The second kappa shape index (κ2) is 7.85. The topological polar surface area (TPSA) is 113 Å². The Labute approximate surface area is 169 Å². The summed E-state index contributed by atoms with van der Waals surface area (Å²) in [6, 6.07) is 5.67. The molecule has 0 spiro atoms. The molecule has 1 aromatic carbocycles. The van der Waals surface area contributed by atoms with Crippen LogP contribution in [-0.4, -0.2) is 53.7 Å². The van der Waals surface area contributed by atoms with Crippen LogP contribution in [0.4, 0.5) is 5.69 Å². The molecule has 4 amide bonds. The van der Waals surface area contributed by atoms with Gasteiger partial charge < -0.3 is 20.9 Å². The van der Waals surface area contributed by atoms with Gasteiger partial charge >= 0.3 is 0 Å². The van der Waals surface area contributed by atoms with Gasteiger partial charge in [-0.3, -0.25) is 19.2 Å². The molecule has 8 nitrogen and oxygen atoms in total. The molecule has 2 saturated heterocycles. The van der Waals surface area contributed by atoms with Crippen molar-refractivity contribution >= 4 is 29.3 Å². The zero-order valence-corrected chi connectivity index (χ0v) is 16.2. The molecule has 1 saturated carbocycles. The third kappa shape index (κ3) is 4.11. The quantitative estimate of drug-likeness (QED) is 0.758. The van der Waals surface area contributed by atoms with Gasteiger partial charge in [0.05, 0.1) is 6.04 Å². The van der Waals surface area contributed by atoms with Crippen LogP contribution >= 0.6 is 0 Å². The summed E-state index contributed by atoms with van der Waals surface area (Å²) in [6.45, 7) is 0.940. The van der Waals surface area contributed by atoms with Crippen LogP contribution in [0.15, 0.2) is 24.3 Å². The number of nitrogens with two attached hydrogens (primary N) is 1. The summed E-state index contributed by atoms with van der Waals surface area (Å²) in [5.74, 6) is -0.882. The van der Waals surface area contributed by atoms with E-state index in [1.54, 1.807) is 35.6 Å². The zero-order valence-electron chi connectivity index (χ0n) is 16.2. The number of carbonyl (C=O) groups excluding carboxylic acids is 4. The minimum atomic E-state index is -0.791. The molecular formula is C21H25N4O4. The number of piperidine rings is 1. The van der Waals surface area contributed by atoms with Crippen LogP contribution in [0.3, 0.4) is 0 Å². The van der Waals surface area contributed by atoms with E-state index in [0.717, 1.165) is 31.4 Å². The Balaban J connectivity index is 1.39. The fraction of sp³-hybridized carbons (Fsp3) is 0.476. The first-order valence-corrected chi connectivity index (χ1v) is 10.1. The first-order chi connectivity index (χ1) is 13.9. The number of nitrogens with one attached hydrogen (secondary N) is 1. The maximum Gasteiger partial charge on any atom is 0.251 e. The van der Waals surface area contributed by atoms with E-state index < -0.39 is 18.0 Å². The summed E-state index contributed by atoms with van der Waals surface area (Å²) in [6.07, 6.45) is 5.74. The normalized spacial score (nSPS) is 24.5. The highest BCUT2D eigenvalue weighted by Crippen LogP contribution is 2.33. The number of nitrogens with zero attached hydrogens (tertiary/aromatic N) is 2. The van der Waals surface area contributed by atoms with Crippen LogP contribution in [0.1, 0.15) is 42.5 Å². The van der Waals surface area contributed by atoms with Gasteiger partial charge in [0, 0.05) is 43.1 Å². The fourth-order valence-corrected chi connectivity index (χ4v) is 3.97. The molecule has 29 heavy (non-hydrogen) atoms. The van der Waals surface area contributed by atoms with Crippen LogP contribution in [0, 0.1) is 12.3 Å². The molecule has 1 aliphatic carbocycles. The highest BCUT2D eigenvalue weighted by molar-refractivity contribution is 5.97. The van der Waals surface area contributed by atoms with Crippen LogP contribution in [0.5, 0.6) is 0 Å². The van der Waals surface area contributed by atoms with Crippen LogP contribution in [0.25, 0.3) is 0 Å². The predicted molar refractivity (Wildman–Crippen MR) is 106 cm³/mol. The van der Waals surface area contributed by atoms with E-state index in [-0.39, 0.29) is 30.2 Å². The molecule has 3 aliphatic rings. The van der Waals surface area contributed by atoms with Crippen molar-refractivity contribution in [2.75, 3.05) is 18.0 Å². The molecule has 153 valence electrons. The Morgan fingerprint density at radius 3 is 2.41 bits per heavy atom. The molecule has 1 radical (unpaired) electrons. The van der Waals surface area contributed by atoms with Crippen LogP contribution < -0.4 is 16.0 Å². The molecule has 2 unspecified atom stereocenters. The summed E-state index contributed by atoms with van der Waals surface area (Å²) in [5, 5.41) is 2.86. The lowest BCUT2D eigenvalue weighted by Crippen LogP contribution is -2.44. The molecule has 0 aromatic heterocycles. The van der Waals surface area contributed by atoms with E-state index in [0.29, 0.717) is 18.5 Å². The number of hydrogen-bond acceptors (Lipinski definition) is 4. The van der Waals surface area contributed by atoms with Gasteiger partial charge in [-0.15, -0.1) is 0 Å². The molecular weight excluding hydrogens is 372 g/mol. The van der Waals surface area contributed by atoms with Gasteiger partial charge in [0.15, 0.2) is 0 Å². The van der Waals surface area contributed by atoms with Crippen molar-refractivity contribution in [3.8, 4) is 0 Å². The molecule has 8 heteroatoms. The molecule has 2 atom stereocenters. The van der Waals surface area contributed by atoms with Crippen LogP contribution in [0.2, 0.25) is 0 Å². The predicted octanol–water partition coefficient (Wildman–Crippen LogP) is 0.612. The van der Waals surface area contributed by atoms with Gasteiger partial charge in [-0.2, -0.15) is 0 Å². The van der Waals surface area contributed by atoms with E-state index in [9.17, 15) is 19.2 Å². The maximum atomic E-state index is 12.6. The van der Waals surface area contributed by atoms with Crippen molar-refractivity contribution in [2.24, 2.45) is 11.7 Å². The number of likely N-dealkylation sites (tertiary alicyclic amines) is 1. The molecule has 0 bridgehead atoms. The second-order valence-corrected chi connectivity index (χ2v) is 7.93. The molecule has 2 aliphatic heterocycles. The summed E-state index contributed by atoms with van der Waals surface area (Å²) in [4.78, 5) is 52.0. The standard InChI is InChI=1S/C21H25N4O4/c22-19(27)17-11-15(12-25(17)21(29)14-4-5-14)23-20(28)13-6-8-16(9-7-13)24-10-2-1-3-18(24)26/h6-9,11,14-15,17H,1-5,10,12H2,(H2,22,27)(H,23,28). The third-order valence-electron chi connectivity index (χ3n) is 5.73. The van der Waals surface area contributed by atoms with Crippen molar-refractivity contribution in [3.63, 3.8) is 0 Å². The summed E-state index contributed by atoms with van der Waals surface area (Å²) in [7, 11) is 0. The average Bonchev–Trinajstić information content (AvgIpc) is 3.48. The summed E-state index contributed by atoms with van der Waals surface area (Å²) >= 11 is 0. The van der Waals surface area contributed by atoms with Crippen molar-refractivity contribution in [1.29, 1.82) is 0 Å². The largest absolute Gasteiger partial charge is 0.368 e.